The van der Waals surface area contributed by atoms with E-state index >= 15 is 0 Å². The lowest BCUT2D eigenvalue weighted by Gasteiger charge is -2.07. The van der Waals surface area contributed by atoms with E-state index < -0.39 is 0 Å². The summed E-state index contributed by atoms with van der Waals surface area (Å²) in [5, 5.41) is 9.81. The maximum absolute atomic E-state index is 13.0. The maximum Gasteiger partial charge on any atom is 0.192 e. The predicted molar refractivity (Wildman–Crippen MR) is 68.0 cm³/mol. The molecule has 0 spiro atoms. The fourth-order valence-corrected chi connectivity index (χ4v) is 2.58. The fraction of sp³-hybridized carbons (Fsp3) is 0.231. The summed E-state index contributed by atoms with van der Waals surface area (Å²) >= 11 is 1.33. The molecular weight excluding hydrogens is 251 g/mol. The first kappa shape index (κ1) is 13.0. The van der Waals surface area contributed by atoms with Crippen LogP contribution >= 0.6 is 11.8 Å². The van der Waals surface area contributed by atoms with Gasteiger partial charge in [0.2, 0.25) is 0 Å². The number of halogens is 1. The monoisotopic (exact) mass is 264 g/mol. The molecule has 0 bridgehead atoms. The van der Waals surface area contributed by atoms with Gasteiger partial charge in [0.1, 0.15) is 5.82 Å². The minimum atomic E-state index is -0.357. The summed E-state index contributed by atoms with van der Waals surface area (Å²) in [6.07, 6.45) is 0. The van der Waals surface area contributed by atoms with Gasteiger partial charge in [0.15, 0.2) is 5.16 Å². The van der Waals surface area contributed by atoms with Crippen molar-refractivity contribution in [2.75, 3.05) is 0 Å². The average Bonchev–Trinajstić information content (AvgIpc) is 2.30. The number of aliphatic hydroxyl groups excluding tert-OH is 1. The van der Waals surface area contributed by atoms with E-state index in [1.807, 2.05) is 19.9 Å². The van der Waals surface area contributed by atoms with Crippen LogP contribution in [0.5, 0.6) is 0 Å². The smallest absolute Gasteiger partial charge is 0.192 e. The van der Waals surface area contributed by atoms with Gasteiger partial charge >= 0.3 is 0 Å². The van der Waals surface area contributed by atoms with Crippen molar-refractivity contribution < 1.29 is 9.50 Å². The van der Waals surface area contributed by atoms with Crippen LogP contribution in [0.25, 0.3) is 0 Å². The Morgan fingerprint density at radius 3 is 2.44 bits per heavy atom. The summed E-state index contributed by atoms with van der Waals surface area (Å²) in [5.74, 6) is -0.357. The molecule has 0 fully saturated rings. The Bertz CT molecular complexity index is 555. The van der Waals surface area contributed by atoms with Crippen molar-refractivity contribution in [1.29, 1.82) is 0 Å². The lowest BCUT2D eigenvalue weighted by Crippen LogP contribution is -1.94. The first-order valence-corrected chi connectivity index (χ1v) is 6.29. The molecule has 18 heavy (non-hydrogen) atoms. The Labute approximate surface area is 109 Å². The van der Waals surface area contributed by atoms with Gasteiger partial charge in [-0.05, 0) is 55.4 Å². The number of nitrogens with zero attached hydrogens (tertiary/aromatic N) is 2. The molecule has 2 aromatic rings. The predicted octanol–water partition coefficient (Wildman–Crippen LogP) is 2.88. The Balaban J connectivity index is 2.33. The minimum absolute atomic E-state index is 0.203. The highest BCUT2D eigenvalue weighted by Gasteiger charge is 2.08. The van der Waals surface area contributed by atoms with Crippen molar-refractivity contribution >= 4 is 11.8 Å². The highest BCUT2D eigenvalue weighted by atomic mass is 32.2. The number of aromatic nitrogens is 2. The topological polar surface area (TPSA) is 46.0 Å². The van der Waals surface area contributed by atoms with Crippen molar-refractivity contribution in [3.05, 3.63) is 47.0 Å². The summed E-state index contributed by atoms with van der Waals surface area (Å²) in [7, 11) is 0. The largest absolute Gasteiger partial charge is 0.392 e. The molecule has 0 radical (unpaired) electrons. The van der Waals surface area contributed by atoms with Gasteiger partial charge < -0.3 is 5.11 Å². The van der Waals surface area contributed by atoms with Crippen LogP contribution in [0.15, 0.2) is 34.3 Å². The van der Waals surface area contributed by atoms with Crippen LogP contribution in [0.3, 0.4) is 0 Å². The molecule has 3 nitrogen and oxygen atoms in total. The van der Waals surface area contributed by atoms with Crippen LogP contribution in [0, 0.1) is 19.7 Å². The summed E-state index contributed by atoms with van der Waals surface area (Å²) in [5.41, 5.74) is 2.32. The minimum Gasteiger partial charge on any atom is -0.392 e. The molecule has 5 heteroatoms. The van der Waals surface area contributed by atoms with E-state index in [2.05, 4.69) is 9.97 Å². The van der Waals surface area contributed by atoms with Gasteiger partial charge in [0.25, 0.3) is 0 Å². The van der Waals surface area contributed by atoms with E-state index in [4.69, 9.17) is 0 Å². The first-order valence-electron chi connectivity index (χ1n) is 5.48. The zero-order valence-corrected chi connectivity index (χ0v) is 11.0. The van der Waals surface area contributed by atoms with Gasteiger partial charge in [0, 0.05) is 16.3 Å². The van der Waals surface area contributed by atoms with E-state index in [-0.39, 0.29) is 12.4 Å². The third-order valence-corrected chi connectivity index (χ3v) is 3.34. The molecule has 0 saturated heterocycles. The molecule has 0 atom stereocenters. The number of aliphatic hydroxyl groups is 1. The van der Waals surface area contributed by atoms with Crippen molar-refractivity contribution in [2.24, 2.45) is 0 Å². The highest BCUT2D eigenvalue weighted by molar-refractivity contribution is 7.99. The van der Waals surface area contributed by atoms with Crippen LogP contribution in [0.4, 0.5) is 4.39 Å². The Kier molecular flexibility index (Phi) is 3.93. The third-order valence-electron chi connectivity index (χ3n) is 2.36. The van der Waals surface area contributed by atoms with Gasteiger partial charge in [-0.2, -0.15) is 0 Å². The van der Waals surface area contributed by atoms with E-state index in [0.29, 0.717) is 10.7 Å². The second-order valence-electron chi connectivity index (χ2n) is 3.95. The van der Waals surface area contributed by atoms with E-state index in [0.717, 1.165) is 16.3 Å². The summed E-state index contributed by atoms with van der Waals surface area (Å²) in [4.78, 5) is 9.37. The molecule has 0 saturated carbocycles. The second kappa shape index (κ2) is 5.46. The standard InChI is InChI=1S/C13H13FN2OS/c1-8-5-9(2)16-13(15-8)18-12-4-3-11(14)6-10(12)7-17/h3-6,17H,7H2,1-2H3. The average molecular weight is 264 g/mol. The van der Waals surface area contributed by atoms with Crippen LogP contribution in [0.1, 0.15) is 17.0 Å². The molecule has 1 heterocycles. The number of hydrogen-bond acceptors (Lipinski definition) is 4. The fourth-order valence-electron chi connectivity index (χ4n) is 1.61. The molecule has 94 valence electrons. The number of hydrogen-bond donors (Lipinski definition) is 1. The Morgan fingerprint density at radius 2 is 1.83 bits per heavy atom. The summed E-state index contributed by atoms with van der Waals surface area (Å²) in [6, 6.07) is 6.21. The van der Waals surface area contributed by atoms with Crippen molar-refractivity contribution in [3.8, 4) is 0 Å². The van der Waals surface area contributed by atoms with Crippen molar-refractivity contribution in [3.63, 3.8) is 0 Å². The molecule has 2 rings (SSSR count). The lowest BCUT2D eigenvalue weighted by atomic mass is 10.2. The number of rotatable bonds is 3. The zero-order valence-electron chi connectivity index (χ0n) is 10.1. The second-order valence-corrected chi connectivity index (χ2v) is 4.95. The molecule has 1 N–H and O–H groups in total. The SMILES string of the molecule is Cc1cc(C)nc(Sc2ccc(F)cc2CO)n1. The van der Waals surface area contributed by atoms with Crippen LogP contribution in [0.2, 0.25) is 0 Å². The first-order chi connectivity index (χ1) is 8.58. The van der Waals surface area contributed by atoms with E-state index in [1.165, 1.54) is 23.9 Å². The maximum atomic E-state index is 13.0. The van der Waals surface area contributed by atoms with E-state index in [9.17, 15) is 9.50 Å². The highest BCUT2D eigenvalue weighted by Crippen LogP contribution is 2.28. The lowest BCUT2D eigenvalue weighted by molar-refractivity contribution is 0.278. The molecule has 0 aliphatic rings. The Morgan fingerprint density at radius 1 is 1.17 bits per heavy atom. The Hall–Kier alpha value is -1.46. The third kappa shape index (κ3) is 3.05. The molecule has 0 aliphatic carbocycles. The molecule has 0 amide bonds. The quantitative estimate of drug-likeness (QED) is 0.866. The molecular formula is C13H13FN2OS. The van der Waals surface area contributed by atoms with Crippen LogP contribution < -0.4 is 0 Å². The van der Waals surface area contributed by atoms with Gasteiger partial charge in [-0.3, -0.25) is 0 Å². The molecule has 1 aromatic heterocycles. The molecule has 0 aliphatic heterocycles. The number of aryl methyl sites for hydroxylation is 2. The van der Waals surface area contributed by atoms with Crippen LogP contribution in [-0.4, -0.2) is 15.1 Å². The van der Waals surface area contributed by atoms with Crippen molar-refractivity contribution in [2.45, 2.75) is 30.5 Å². The van der Waals surface area contributed by atoms with E-state index in [1.54, 1.807) is 6.07 Å². The van der Waals surface area contributed by atoms with Crippen LogP contribution in [-0.2, 0) is 6.61 Å². The van der Waals surface area contributed by atoms with Crippen molar-refractivity contribution in [1.82, 2.24) is 9.97 Å². The van der Waals surface area contributed by atoms with Gasteiger partial charge in [-0.25, -0.2) is 14.4 Å². The van der Waals surface area contributed by atoms with Gasteiger partial charge in [-0.1, -0.05) is 0 Å². The molecule has 0 unspecified atom stereocenters. The summed E-state index contributed by atoms with van der Waals surface area (Å²) in [6.45, 7) is 3.59. The zero-order chi connectivity index (χ0) is 13.1. The summed E-state index contributed by atoms with van der Waals surface area (Å²) < 4.78 is 13.0. The normalized spacial score (nSPS) is 10.7. The molecule has 1 aromatic carbocycles. The number of benzene rings is 1. The van der Waals surface area contributed by atoms with Gasteiger partial charge in [0.05, 0.1) is 6.61 Å². The van der Waals surface area contributed by atoms with Gasteiger partial charge in [-0.15, -0.1) is 0 Å².